The van der Waals surface area contributed by atoms with Gasteiger partial charge in [-0.2, -0.15) is 0 Å². The van der Waals surface area contributed by atoms with Crippen LogP contribution < -0.4 is 4.72 Å². The Balaban J connectivity index is 2.16. The van der Waals surface area contributed by atoms with Crippen LogP contribution in [-0.4, -0.2) is 32.0 Å². The van der Waals surface area contributed by atoms with E-state index in [4.69, 9.17) is 0 Å². The fourth-order valence-corrected chi connectivity index (χ4v) is 2.80. The molecular formula is C17H18F2N2O3S. The first-order chi connectivity index (χ1) is 11.7. The molecule has 134 valence electrons. The molecule has 5 nitrogen and oxygen atoms in total. The van der Waals surface area contributed by atoms with Crippen molar-refractivity contribution in [3.63, 3.8) is 0 Å². The van der Waals surface area contributed by atoms with E-state index in [9.17, 15) is 22.0 Å². The summed E-state index contributed by atoms with van der Waals surface area (Å²) >= 11 is 0. The zero-order valence-corrected chi connectivity index (χ0v) is 14.6. The number of amides is 1. The Morgan fingerprint density at radius 3 is 2.52 bits per heavy atom. The van der Waals surface area contributed by atoms with Crippen LogP contribution in [0, 0.1) is 11.6 Å². The van der Waals surface area contributed by atoms with E-state index in [1.807, 2.05) is 0 Å². The molecular weight excluding hydrogens is 350 g/mol. The van der Waals surface area contributed by atoms with Crippen LogP contribution in [0.2, 0.25) is 0 Å². The van der Waals surface area contributed by atoms with E-state index >= 15 is 0 Å². The molecule has 2 aromatic carbocycles. The minimum atomic E-state index is -3.45. The molecule has 0 spiro atoms. The molecule has 0 radical (unpaired) electrons. The molecule has 1 amide bonds. The van der Waals surface area contributed by atoms with Crippen molar-refractivity contribution in [2.45, 2.75) is 13.5 Å². The summed E-state index contributed by atoms with van der Waals surface area (Å²) in [6.07, 6.45) is 0. The van der Waals surface area contributed by atoms with E-state index in [2.05, 4.69) is 4.72 Å². The van der Waals surface area contributed by atoms with Crippen LogP contribution in [0.3, 0.4) is 0 Å². The van der Waals surface area contributed by atoms with Crippen molar-refractivity contribution >= 4 is 21.6 Å². The number of benzene rings is 2. The first-order valence-corrected chi connectivity index (χ1v) is 9.17. The van der Waals surface area contributed by atoms with Gasteiger partial charge in [0.15, 0.2) is 0 Å². The van der Waals surface area contributed by atoms with Gasteiger partial charge < -0.3 is 4.90 Å². The number of carbonyl (C=O) groups is 1. The second-order valence-corrected chi connectivity index (χ2v) is 7.49. The Morgan fingerprint density at radius 2 is 1.88 bits per heavy atom. The lowest BCUT2D eigenvalue weighted by Crippen LogP contribution is -2.26. The quantitative estimate of drug-likeness (QED) is 0.852. The zero-order valence-electron chi connectivity index (χ0n) is 13.8. The van der Waals surface area contributed by atoms with Gasteiger partial charge in [0.25, 0.3) is 5.91 Å². The van der Waals surface area contributed by atoms with Crippen molar-refractivity contribution in [1.29, 1.82) is 0 Å². The average molecular weight is 368 g/mol. The van der Waals surface area contributed by atoms with Crippen molar-refractivity contribution < 1.29 is 22.0 Å². The first kappa shape index (κ1) is 18.9. The molecule has 0 aliphatic carbocycles. The summed E-state index contributed by atoms with van der Waals surface area (Å²) in [4.78, 5) is 13.7. The fraction of sp³-hybridized carbons (Fsp3) is 0.235. The number of nitrogens with one attached hydrogen (secondary N) is 1. The lowest BCUT2D eigenvalue weighted by atomic mass is 10.1. The van der Waals surface area contributed by atoms with Crippen LogP contribution in [0.15, 0.2) is 42.5 Å². The third-order valence-electron chi connectivity index (χ3n) is 3.53. The molecule has 0 atom stereocenters. The van der Waals surface area contributed by atoms with Gasteiger partial charge in [-0.25, -0.2) is 17.2 Å². The highest BCUT2D eigenvalue weighted by Gasteiger charge is 2.15. The molecule has 0 saturated carbocycles. The fourth-order valence-electron chi connectivity index (χ4n) is 2.17. The predicted molar refractivity (Wildman–Crippen MR) is 91.7 cm³/mol. The number of hydrogen-bond donors (Lipinski definition) is 1. The largest absolute Gasteiger partial charge is 0.337 e. The van der Waals surface area contributed by atoms with E-state index in [0.717, 1.165) is 12.1 Å². The number of anilines is 1. The highest BCUT2D eigenvalue weighted by molar-refractivity contribution is 7.92. The highest BCUT2D eigenvalue weighted by atomic mass is 32.2. The molecule has 1 N–H and O–H groups in total. The highest BCUT2D eigenvalue weighted by Crippen LogP contribution is 2.16. The molecule has 0 saturated heterocycles. The monoisotopic (exact) mass is 368 g/mol. The second-order valence-electron chi connectivity index (χ2n) is 5.48. The number of carbonyl (C=O) groups excluding carboxylic acids is 1. The van der Waals surface area contributed by atoms with Gasteiger partial charge >= 0.3 is 0 Å². The molecule has 2 aromatic rings. The minimum absolute atomic E-state index is 0.0458. The Bertz CT molecular complexity index is 885. The Labute approximate surface area is 145 Å². The summed E-state index contributed by atoms with van der Waals surface area (Å²) in [7, 11) is -1.97. The summed E-state index contributed by atoms with van der Waals surface area (Å²) in [5.41, 5.74) is 0.704. The molecule has 0 unspecified atom stereocenters. The molecule has 0 fully saturated rings. The van der Waals surface area contributed by atoms with E-state index < -0.39 is 27.6 Å². The van der Waals surface area contributed by atoms with Crippen LogP contribution in [-0.2, 0) is 16.6 Å². The summed E-state index contributed by atoms with van der Waals surface area (Å²) < 4.78 is 52.2. The molecule has 8 heteroatoms. The van der Waals surface area contributed by atoms with Crippen LogP contribution in [0.4, 0.5) is 14.5 Å². The van der Waals surface area contributed by atoms with Gasteiger partial charge in [0.05, 0.1) is 5.75 Å². The van der Waals surface area contributed by atoms with E-state index in [1.54, 1.807) is 6.07 Å². The van der Waals surface area contributed by atoms with Crippen molar-refractivity contribution in [3.05, 3.63) is 65.2 Å². The summed E-state index contributed by atoms with van der Waals surface area (Å²) in [6.45, 7) is 1.46. The first-order valence-electron chi connectivity index (χ1n) is 7.52. The maximum atomic E-state index is 13.7. The van der Waals surface area contributed by atoms with Gasteiger partial charge in [0.2, 0.25) is 10.0 Å². The van der Waals surface area contributed by atoms with Crippen LogP contribution in [0.5, 0.6) is 0 Å². The molecule has 0 aliphatic heterocycles. The van der Waals surface area contributed by atoms with Crippen molar-refractivity contribution in [2.75, 3.05) is 17.5 Å². The van der Waals surface area contributed by atoms with Crippen molar-refractivity contribution in [2.24, 2.45) is 0 Å². The number of hydrogen-bond acceptors (Lipinski definition) is 3. The average Bonchev–Trinajstić information content (AvgIpc) is 2.56. The third kappa shape index (κ3) is 4.99. The topological polar surface area (TPSA) is 66.5 Å². The van der Waals surface area contributed by atoms with Gasteiger partial charge in [0, 0.05) is 36.5 Å². The summed E-state index contributed by atoms with van der Waals surface area (Å²) in [5, 5.41) is 0. The zero-order chi connectivity index (χ0) is 18.6. The second kappa shape index (κ2) is 7.60. The third-order valence-corrected chi connectivity index (χ3v) is 4.84. The Morgan fingerprint density at radius 1 is 1.16 bits per heavy atom. The molecule has 2 rings (SSSR count). The summed E-state index contributed by atoms with van der Waals surface area (Å²) in [5.74, 6) is -1.92. The van der Waals surface area contributed by atoms with E-state index in [-0.39, 0.29) is 29.1 Å². The van der Waals surface area contributed by atoms with E-state index in [0.29, 0.717) is 0 Å². The normalized spacial score (nSPS) is 11.2. The Hall–Kier alpha value is -2.48. The standard InChI is InChI=1S/C17H18F2N2O3S/c1-3-25(23,24)20-15-6-4-5-12(9-15)17(22)21(2)11-13-7-8-14(18)10-16(13)19/h4-10,20H,3,11H2,1-2H3. The molecule has 0 aliphatic rings. The van der Waals surface area contributed by atoms with Gasteiger partial charge in [-0.15, -0.1) is 0 Å². The molecule has 0 bridgehead atoms. The van der Waals surface area contributed by atoms with Crippen LogP contribution in [0.25, 0.3) is 0 Å². The van der Waals surface area contributed by atoms with E-state index in [1.165, 1.54) is 43.1 Å². The lowest BCUT2D eigenvalue weighted by Gasteiger charge is -2.18. The maximum absolute atomic E-state index is 13.7. The summed E-state index contributed by atoms with van der Waals surface area (Å²) in [6, 6.07) is 9.18. The maximum Gasteiger partial charge on any atom is 0.253 e. The number of sulfonamides is 1. The van der Waals surface area contributed by atoms with Gasteiger partial charge in [-0.05, 0) is 31.2 Å². The Kier molecular flexibility index (Phi) is 5.73. The molecule has 0 aromatic heterocycles. The van der Waals surface area contributed by atoms with Crippen LogP contribution >= 0.6 is 0 Å². The predicted octanol–water partition coefficient (Wildman–Crippen LogP) is 3.00. The van der Waals surface area contributed by atoms with Gasteiger partial charge in [0.1, 0.15) is 11.6 Å². The lowest BCUT2D eigenvalue weighted by molar-refractivity contribution is 0.0784. The molecule has 0 heterocycles. The smallest absolute Gasteiger partial charge is 0.253 e. The number of halogens is 2. The molecule has 25 heavy (non-hydrogen) atoms. The number of nitrogens with zero attached hydrogens (tertiary/aromatic N) is 1. The van der Waals surface area contributed by atoms with Gasteiger partial charge in [-0.3, -0.25) is 9.52 Å². The van der Waals surface area contributed by atoms with Gasteiger partial charge in [-0.1, -0.05) is 12.1 Å². The SMILES string of the molecule is CCS(=O)(=O)Nc1cccc(C(=O)N(C)Cc2ccc(F)cc2F)c1. The van der Waals surface area contributed by atoms with Crippen LogP contribution in [0.1, 0.15) is 22.8 Å². The minimum Gasteiger partial charge on any atom is -0.337 e. The number of rotatable bonds is 6. The van der Waals surface area contributed by atoms with Crippen molar-refractivity contribution in [3.8, 4) is 0 Å². The van der Waals surface area contributed by atoms with Crippen molar-refractivity contribution in [1.82, 2.24) is 4.90 Å².